The molecule has 7 nitrogen and oxygen atoms in total. The molecule has 0 radical (unpaired) electrons. The van der Waals surface area contributed by atoms with Gasteiger partial charge < -0.3 is 4.57 Å². The quantitative estimate of drug-likeness (QED) is 0.250. The zero-order valence-electron chi connectivity index (χ0n) is 14.8. The fraction of sp³-hybridized carbons (Fsp3) is 0. The van der Waals surface area contributed by atoms with Crippen LogP contribution in [0.2, 0.25) is 0 Å². The number of nitrogens with zero attached hydrogens (tertiary/aromatic N) is 3. The molecule has 9 heteroatoms. The number of nitro benzene ring substituents is 1. The third-order valence-corrected chi connectivity index (χ3v) is 5.77. The minimum Gasteiger partial charge on any atom is -0.316 e. The Balaban J connectivity index is 1.50. The minimum atomic E-state index is -0.457. The van der Waals surface area contributed by atoms with Gasteiger partial charge in [-0.25, -0.2) is 5.43 Å². The molecular formula is C20H13BrN4O3S. The smallest absolute Gasteiger partial charge is 0.281 e. The summed E-state index contributed by atoms with van der Waals surface area (Å²) in [5.41, 5.74) is 4.27. The molecular weight excluding hydrogens is 456 g/mol. The third-order valence-electron chi connectivity index (χ3n) is 4.16. The largest absolute Gasteiger partial charge is 0.316 e. The molecule has 1 N–H and O–H groups in total. The lowest BCUT2D eigenvalue weighted by atomic mass is 10.2. The Kier molecular flexibility index (Phi) is 5.24. The number of fused-ring (bicyclic) bond motifs is 1. The highest BCUT2D eigenvalue weighted by atomic mass is 79.9. The molecule has 4 rings (SSSR count). The van der Waals surface area contributed by atoms with Gasteiger partial charge in [-0.1, -0.05) is 22.0 Å². The van der Waals surface area contributed by atoms with E-state index in [9.17, 15) is 14.9 Å². The second-order valence-corrected chi connectivity index (χ2v) is 8.07. The third kappa shape index (κ3) is 4.10. The molecule has 2 aromatic carbocycles. The lowest BCUT2D eigenvalue weighted by Crippen LogP contribution is -2.16. The highest BCUT2D eigenvalue weighted by Crippen LogP contribution is 2.28. The average molecular weight is 469 g/mol. The molecule has 144 valence electrons. The number of amides is 1. The van der Waals surface area contributed by atoms with Crippen LogP contribution in [-0.4, -0.2) is 21.6 Å². The number of carbonyl (C=O) groups excluding carboxylic acids is 1. The predicted molar refractivity (Wildman–Crippen MR) is 117 cm³/mol. The second-order valence-electron chi connectivity index (χ2n) is 6.07. The number of non-ortho nitro benzene ring substituents is 1. The second kappa shape index (κ2) is 7.98. The van der Waals surface area contributed by atoms with Gasteiger partial charge in [0.25, 0.3) is 11.6 Å². The van der Waals surface area contributed by atoms with Crippen molar-refractivity contribution >= 4 is 55.2 Å². The standard InChI is InChI=1S/C20H13BrN4O3S/c21-14-3-1-4-15(11-14)24-8-2-5-17(24)12-22-23-20(26)19-10-13-9-16(25(27)28)6-7-18(13)29-19/h1-12H,(H,23,26)/b22-12-. The number of hydrazone groups is 1. The van der Waals surface area contributed by atoms with E-state index < -0.39 is 4.92 Å². The van der Waals surface area contributed by atoms with Crippen molar-refractivity contribution in [2.24, 2.45) is 5.10 Å². The number of carbonyl (C=O) groups is 1. The van der Waals surface area contributed by atoms with E-state index in [0.717, 1.165) is 20.6 Å². The van der Waals surface area contributed by atoms with Crippen molar-refractivity contribution in [1.82, 2.24) is 9.99 Å². The summed E-state index contributed by atoms with van der Waals surface area (Å²) in [6.45, 7) is 0. The SMILES string of the molecule is O=C(N/N=C\c1cccn1-c1cccc(Br)c1)c1cc2cc([N+](=O)[O-])ccc2s1. The first-order chi connectivity index (χ1) is 14.0. The first kappa shape index (κ1) is 19.0. The van der Waals surface area contributed by atoms with E-state index in [0.29, 0.717) is 10.3 Å². The zero-order chi connectivity index (χ0) is 20.4. The molecule has 0 aliphatic carbocycles. The van der Waals surface area contributed by atoms with Gasteiger partial charge in [0, 0.05) is 38.6 Å². The summed E-state index contributed by atoms with van der Waals surface area (Å²) in [6, 6.07) is 17.8. The summed E-state index contributed by atoms with van der Waals surface area (Å²) < 4.78 is 3.71. The summed E-state index contributed by atoms with van der Waals surface area (Å²) in [5, 5.41) is 15.6. The molecule has 0 bridgehead atoms. The molecule has 29 heavy (non-hydrogen) atoms. The number of nitrogens with one attached hydrogen (secondary N) is 1. The summed E-state index contributed by atoms with van der Waals surface area (Å²) in [4.78, 5) is 23.3. The maximum atomic E-state index is 12.4. The Bertz CT molecular complexity index is 1260. The van der Waals surface area contributed by atoms with Crippen LogP contribution in [0.5, 0.6) is 0 Å². The van der Waals surface area contributed by atoms with Crippen LogP contribution < -0.4 is 5.43 Å². The Hall–Kier alpha value is -3.30. The first-order valence-corrected chi connectivity index (χ1v) is 10.1. The van der Waals surface area contributed by atoms with Gasteiger partial charge in [-0.2, -0.15) is 5.10 Å². The predicted octanol–water partition coefficient (Wildman–Crippen LogP) is 5.13. The van der Waals surface area contributed by atoms with Crippen molar-refractivity contribution in [3.63, 3.8) is 0 Å². The molecule has 4 aromatic rings. The van der Waals surface area contributed by atoms with E-state index >= 15 is 0 Å². The van der Waals surface area contributed by atoms with Gasteiger partial charge in [-0.05, 0) is 42.5 Å². The number of rotatable bonds is 5. The van der Waals surface area contributed by atoms with Crippen molar-refractivity contribution in [3.8, 4) is 5.69 Å². The number of thiophene rings is 1. The zero-order valence-corrected chi connectivity index (χ0v) is 17.2. The monoisotopic (exact) mass is 468 g/mol. The van der Waals surface area contributed by atoms with Gasteiger partial charge in [0.2, 0.25) is 0 Å². The van der Waals surface area contributed by atoms with Crippen molar-refractivity contribution < 1.29 is 9.72 Å². The summed E-state index contributed by atoms with van der Waals surface area (Å²) >= 11 is 4.71. The molecule has 0 atom stereocenters. The van der Waals surface area contributed by atoms with E-state index in [1.54, 1.807) is 18.3 Å². The van der Waals surface area contributed by atoms with Crippen LogP contribution in [0.15, 0.2) is 76.4 Å². The Labute approximate surface area is 177 Å². The van der Waals surface area contributed by atoms with Crippen LogP contribution in [0.1, 0.15) is 15.4 Å². The van der Waals surface area contributed by atoms with E-state index in [1.807, 2.05) is 47.2 Å². The Morgan fingerprint density at radius 1 is 1.17 bits per heavy atom. The number of nitro groups is 1. The minimum absolute atomic E-state index is 0.00594. The van der Waals surface area contributed by atoms with E-state index in [-0.39, 0.29) is 11.6 Å². The molecule has 0 fully saturated rings. The van der Waals surface area contributed by atoms with Crippen LogP contribution in [0.25, 0.3) is 15.8 Å². The van der Waals surface area contributed by atoms with Crippen LogP contribution >= 0.6 is 27.3 Å². The molecule has 2 heterocycles. The van der Waals surface area contributed by atoms with Crippen LogP contribution in [0.3, 0.4) is 0 Å². The number of hydrogen-bond donors (Lipinski definition) is 1. The summed E-state index contributed by atoms with van der Waals surface area (Å²) in [5.74, 6) is -0.370. The molecule has 2 aromatic heterocycles. The molecule has 0 unspecified atom stereocenters. The number of aromatic nitrogens is 1. The molecule has 0 aliphatic rings. The van der Waals surface area contributed by atoms with Crippen LogP contribution in [0, 0.1) is 10.1 Å². The maximum absolute atomic E-state index is 12.4. The molecule has 0 spiro atoms. The van der Waals surface area contributed by atoms with Crippen molar-refractivity contribution in [3.05, 3.63) is 92.0 Å². The Morgan fingerprint density at radius 2 is 2.03 bits per heavy atom. The van der Waals surface area contributed by atoms with Crippen molar-refractivity contribution in [1.29, 1.82) is 0 Å². The lowest BCUT2D eigenvalue weighted by molar-refractivity contribution is -0.384. The fourth-order valence-electron chi connectivity index (χ4n) is 2.83. The first-order valence-electron chi connectivity index (χ1n) is 8.46. The van der Waals surface area contributed by atoms with Crippen LogP contribution in [0.4, 0.5) is 5.69 Å². The molecule has 1 amide bonds. The van der Waals surface area contributed by atoms with Crippen molar-refractivity contribution in [2.75, 3.05) is 0 Å². The topological polar surface area (TPSA) is 89.5 Å². The van der Waals surface area contributed by atoms with E-state index in [1.165, 1.54) is 23.5 Å². The van der Waals surface area contributed by atoms with Gasteiger partial charge in [-0.15, -0.1) is 11.3 Å². The van der Waals surface area contributed by atoms with E-state index in [2.05, 4.69) is 26.5 Å². The summed E-state index contributed by atoms with van der Waals surface area (Å²) in [7, 11) is 0. The molecule has 0 aliphatic heterocycles. The lowest BCUT2D eigenvalue weighted by Gasteiger charge is -2.06. The van der Waals surface area contributed by atoms with Gasteiger partial charge in [0.15, 0.2) is 0 Å². The van der Waals surface area contributed by atoms with Crippen LogP contribution in [-0.2, 0) is 0 Å². The van der Waals surface area contributed by atoms with Gasteiger partial charge in [0.05, 0.1) is 21.7 Å². The fourth-order valence-corrected chi connectivity index (χ4v) is 4.15. The van der Waals surface area contributed by atoms with Gasteiger partial charge >= 0.3 is 0 Å². The Morgan fingerprint density at radius 3 is 2.83 bits per heavy atom. The van der Waals surface area contributed by atoms with Crippen molar-refractivity contribution in [2.45, 2.75) is 0 Å². The maximum Gasteiger partial charge on any atom is 0.281 e. The van der Waals surface area contributed by atoms with Gasteiger partial charge in [-0.3, -0.25) is 14.9 Å². The highest BCUT2D eigenvalue weighted by Gasteiger charge is 2.13. The summed E-state index contributed by atoms with van der Waals surface area (Å²) in [6.07, 6.45) is 3.47. The number of hydrogen-bond acceptors (Lipinski definition) is 5. The van der Waals surface area contributed by atoms with Gasteiger partial charge in [0.1, 0.15) is 0 Å². The average Bonchev–Trinajstić information content (AvgIpc) is 3.34. The molecule has 0 saturated heterocycles. The highest BCUT2D eigenvalue weighted by molar-refractivity contribution is 9.10. The normalized spacial score (nSPS) is 11.2. The number of benzene rings is 2. The van der Waals surface area contributed by atoms with E-state index in [4.69, 9.17) is 0 Å². The number of halogens is 1. The molecule has 0 saturated carbocycles.